The van der Waals surface area contributed by atoms with E-state index in [2.05, 4.69) is 19.9 Å². The first-order chi connectivity index (χ1) is 15.6. The van der Waals surface area contributed by atoms with Crippen molar-refractivity contribution < 1.29 is 32.6 Å². The molecule has 1 aromatic heterocycles. The average molecular weight is 456 g/mol. The molecule has 0 aliphatic carbocycles. The van der Waals surface area contributed by atoms with E-state index in [0.717, 1.165) is 0 Å². The molecule has 0 saturated carbocycles. The van der Waals surface area contributed by atoms with Gasteiger partial charge < -0.3 is 20.5 Å². The number of hydrogen-bond acceptors (Lipinski definition) is 6. The van der Waals surface area contributed by atoms with Crippen molar-refractivity contribution in [3.05, 3.63) is 65.9 Å². The number of ether oxygens (including phenoxy) is 2. The van der Waals surface area contributed by atoms with Gasteiger partial charge in [0.2, 0.25) is 5.78 Å². The summed E-state index contributed by atoms with van der Waals surface area (Å²) in [4.78, 5) is 36.9. The van der Waals surface area contributed by atoms with Gasteiger partial charge in [-0.05, 0) is 23.8 Å². The Morgan fingerprint density at radius 1 is 1.12 bits per heavy atom. The number of benzene rings is 2. The maximum Gasteiger partial charge on any atom is 0.586 e. The molecule has 0 radical (unpaired) electrons. The molecule has 1 atom stereocenters. The lowest BCUT2D eigenvalue weighted by atomic mass is 10.0. The fourth-order valence-corrected chi connectivity index (χ4v) is 3.43. The predicted molar refractivity (Wildman–Crippen MR) is 110 cm³/mol. The van der Waals surface area contributed by atoms with E-state index in [1.165, 1.54) is 29.1 Å². The van der Waals surface area contributed by atoms with Crippen LogP contribution in [-0.4, -0.2) is 39.7 Å². The van der Waals surface area contributed by atoms with Crippen molar-refractivity contribution in [2.45, 2.75) is 18.8 Å². The van der Waals surface area contributed by atoms with Crippen LogP contribution in [0.3, 0.4) is 0 Å². The number of nitrogens with zero attached hydrogens (tertiary/aromatic N) is 2. The summed E-state index contributed by atoms with van der Waals surface area (Å²) in [5.41, 5.74) is 6.38. The summed E-state index contributed by atoms with van der Waals surface area (Å²) >= 11 is 0. The van der Waals surface area contributed by atoms with Gasteiger partial charge in [-0.2, -0.15) is 5.10 Å². The number of fused-ring (bicyclic) bond motifs is 1. The molecule has 0 spiro atoms. The van der Waals surface area contributed by atoms with Gasteiger partial charge in [0.1, 0.15) is 11.7 Å². The summed E-state index contributed by atoms with van der Waals surface area (Å²) in [6.45, 7) is 0. The maximum atomic E-state index is 13.3. The summed E-state index contributed by atoms with van der Waals surface area (Å²) < 4.78 is 36.9. The molecule has 4 rings (SSSR count). The van der Waals surface area contributed by atoms with Crippen LogP contribution >= 0.6 is 0 Å². The number of aryl methyl sites for hydroxylation is 1. The molecule has 0 fully saturated rings. The number of aromatic nitrogens is 2. The number of halogens is 2. The van der Waals surface area contributed by atoms with Crippen LogP contribution in [0.25, 0.3) is 11.3 Å². The largest absolute Gasteiger partial charge is 0.586 e. The van der Waals surface area contributed by atoms with Crippen molar-refractivity contribution in [2.75, 3.05) is 0 Å². The van der Waals surface area contributed by atoms with E-state index in [4.69, 9.17) is 5.73 Å². The van der Waals surface area contributed by atoms with Crippen LogP contribution in [0.5, 0.6) is 11.5 Å². The van der Waals surface area contributed by atoms with Crippen molar-refractivity contribution in [3.8, 4) is 22.8 Å². The molecule has 1 unspecified atom stereocenters. The van der Waals surface area contributed by atoms with Crippen LogP contribution < -0.4 is 20.5 Å². The van der Waals surface area contributed by atoms with Crippen LogP contribution in [0.4, 0.5) is 8.78 Å². The number of amides is 2. The molecule has 170 valence electrons. The third-order valence-electron chi connectivity index (χ3n) is 4.90. The SMILES string of the molecule is Cn1cc(C(=O)NC(Cc2ccccc2)C(=O)C(N)=O)c(-c2ccc3c(c2)OC(F)(F)O3)n1. The lowest BCUT2D eigenvalue weighted by Gasteiger charge is -2.16. The second kappa shape index (κ2) is 8.34. The van der Waals surface area contributed by atoms with E-state index in [9.17, 15) is 23.2 Å². The fraction of sp³-hybridized carbons (Fsp3) is 0.182. The quantitative estimate of drug-likeness (QED) is 0.523. The first-order valence-corrected chi connectivity index (χ1v) is 9.75. The Labute approximate surface area is 186 Å². The highest BCUT2D eigenvalue weighted by atomic mass is 19.3. The van der Waals surface area contributed by atoms with E-state index < -0.39 is 29.9 Å². The Morgan fingerprint density at radius 3 is 2.52 bits per heavy atom. The number of alkyl halides is 2. The summed E-state index contributed by atoms with van der Waals surface area (Å²) in [5, 5.41) is 6.76. The van der Waals surface area contributed by atoms with Gasteiger partial charge >= 0.3 is 6.29 Å². The Balaban J connectivity index is 1.62. The highest BCUT2D eigenvalue weighted by molar-refractivity contribution is 6.38. The van der Waals surface area contributed by atoms with Crippen molar-refractivity contribution >= 4 is 17.6 Å². The zero-order valence-corrected chi connectivity index (χ0v) is 17.2. The van der Waals surface area contributed by atoms with Gasteiger partial charge in [0.05, 0.1) is 5.56 Å². The normalized spacial score (nSPS) is 14.5. The molecule has 2 amide bonds. The standard InChI is InChI=1S/C22H18F2N4O5/c1-28-11-14(18(27-28)13-7-8-16-17(10-13)33-22(23,24)32-16)21(31)26-15(19(29)20(25)30)9-12-5-3-2-4-6-12/h2-8,10-11,15H,9H2,1H3,(H2,25,30)(H,26,31). The van der Waals surface area contributed by atoms with Gasteiger partial charge in [-0.3, -0.25) is 19.1 Å². The number of primary amides is 1. The third-order valence-corrected chi connectivity index (χ3v) is 4.90. The van der Waals surface area contributed by atoms with Gasteiger partial charge in [0.15, 0.2) is 11.5 Å². The molecule has 0 bridgehead atoms. The zero-order valence-electron chi connectivity index (χ0n) is 17.2. The minimum atomic E-state index is -3.79. The number of Topliss-reactive ketones (excluding diaryl/α,β-unsaturated/α-hetero) is 1. The predicted octanol–water partition coefficient (Wildman–Crippen LogP) is 1.80. The second-order valence-corrected chi connectivity index (χ2v) is 7.34. The number of hydrogen-bond donors (Lipinski definition) is 2. The Morgan fingerprint density at radius 2 is 1.82 bits per heavy atom. The number of nitrogens with two attached hydrogens (primary N) is 1. The zero-order chi connectivity index (χ0) is 23.8. The van der Waals surface area contributed by atoms with Gasteiger partial charge in [0.25, 0.3) is 11.8 Å². The Kier molecular flexibility index (Phi) is 5.54. The first-order valence-electron chi connectivity index (χ1n) is 9.75. The molecule has 3 N–H and O–H groups in total. The molecular weight excluding hydrogens is 438 g/mol. The lowest BCUT2D eigenvalue weighted by molar-refractivity contribution is -0.286. The molecule has 9 nitrogen and oxygen atoms in total. The number of carbonyl (C=O) groups excluding carboxylic acids is 3. The molecule has 2 aromatic carbocycles. The van der Waals surface area contributed by atoms with Crippen LogP contribution in [0, 0.1) is 0 Å². The van der Waals surface area contributed by atoms with Gasteiger partial charge in [-0.1, -0.05) is 30.3 Å². The van der Waals surface area contributed by atoms with Crippen molar-refractivity contribution in [2.24, 2.45) is 12.8 Å². The summed E-state index contributed by atoms with van der Waals surface area (Å²) in [5.74, 6) is -3.19. The van der Waals surface area contributed by atoms with Crippen LogP contribution in [0.2, 0.25) is 0 Å². The molecule has 1 aliphatic heterocycles. The van der Waals surface area contributed by atoms with Crippen molar-refractivity contribution in [3.63, 3.8) is 0 Å². The topological polar surface area (TPSA) is 126 Å². The van der Waals surface area contributed by atoms with E-state index >= 15 is 0 Å². The fourth-order valence-electron chi connectivity index (χ4n) is 3.43. The van der Waals surface area contributed by atoms with Crippen LogP contribution in [0.15, 0.2) is 54.7 Å². The number of rotatable bonds is 7. The minimum absolute atomic E-state index is 0.0447. The van der Waals surface area contributed by atoms with Gasteiger partial charge in [-0.15, -0.1) is 8.78 Å². The van der Waals surface area contributed by atoms with Gasteiger partial charge in [0, 0.05) is 25.2 Å². The molecular formula is C22H18F2N4O5. The minimum Gasteiger partial charge on any atom is -0.395 e. The summed E-state index contributed by atoms with van der Waals surface area (Å²) in [6.07, 6.45) is -2.34. The molecule has 0 saturated heterocycles. The lowest BCUT2D eigenvalue weighted by Crippen LogP contribution is -2.47. The van der Waals surface area contributed by atoms with Crippen molar-refractivity contribution in [1.82, 2.24) is 15.1 Å². The molecule has 3 aromatic rings. The van der Waals surface area contributed by atoms with E-state index in [0.29, 0.717) is 11.1 Å². The molecule has 33 heavy (non-hydrogen) atoms. The number of carbonyl (C=O) groups is 3. The van der Waals surface area contributed by atoms with Crippen molar-refractivity contribution in [1.29, 1.82) is 0 Å². The summed E-state index contributed by atoms with van der Waals surface area (Å²) in [7, 11) is 1.57. The van der Waals surface area contributed by atoms with Gasteiger partial charge in [-0.25, -0.2) is 0 Å². The average Bonchev–Trinajstić information content (AvgIpc) is 3.30. The summed E-state index contributed by atoms with van der Waals surface area (Å²) in [6, 6.07) is 11.6. The maximum absolute atomic E-state index is 13.3. The molecule has 1 aliphatic rings. The van der Waals surface area contributed by atoms with E-state index in [1.54, 1.807) is 37.4 Å². The first kappa shape index (κ1) is 21.9. The highest BCUT2D eigenvalue weighted by Gasteiger charge is 2.43. The van der Waals surface area contributed by atoms with Crippen LogP contribution in [0.1, 0.15) is 15.9 Å². The Hall–Kier alpha value is -4.28. The Bertz CT molecular complexity index is 1240. The number of ketones is 1. The van der Waals surface area contributed by atoms with E-state index in [1.807, 2.05) is 0 Å². The third kappa shape index (κ3) is 4.66. The molecule has 2 heterocycles. The highest BCUT2D eigenvalue weighted by Crippen LogP contribution is 2.43. The monoisotopic (exact) mass is 456 g/mol. The second-order valence-electron chi connectivity index (χ2n) is 7.34. The molecule has 11 heteroatoms. The van der Waals surface area contributed by atoms with E-state index in [-0.39, 0.29) is 29.2 Å². The number of nitrogens with one attached hydrogen (secondary N) is 1. The van der Waals surface area contributed by atoms with Crippen LogP contribution in [-0.2, 0) is 23.1 Å². The smallest absolute Gasteiger partial charge is 0.395 e.